The lowest BCUT2D eigenvalue weighted by Crippen LogP contribution is -2.14. The molecule has 0 aliphatic carbocycles. The topological polar surface area (TPSA) is 77.6 Å². The maximum Gasteiger partial charge on any atom is 0.234 e. The number of aromatic nitrogens is 5. The van der Waals surface area contributed by atoms with Gasteiger partial charge in [-0.05, 0) is 31.0 Å². The van der Waals surface area contributed by atoms with Gasteiger partial charge in [0.15, 0.2) is 11.0 Å². The Bertz CT molecular complexity index is 1240. The van der Waals surface area contributed by atoms with E-state index < -0.39 is 0 Å². The highest BCUT2D eigenvalue weighted by atomic mass is 32.2. The first-order valence-corrected chi connectivity index (χ1v) is 11.4. The van der Waals surface area contributed by atoms with Crippen LogP contribution in [0.1, 0.15) is 18.1 Å². The Morgan fingerprint density at radius 1 is 1.09 bits per heavy atom. The second-order valence-corrected chi connectivity index (χ2v) is 8.63. The zero-order valence-electron chi connectivity index (χ0n) is 18.7. The minimum Gasteiger partial charge on any atom is -0.325 e. The second kappa shape index (κ2) is 9.40. The average Bonchev–Trinajstić information content (AvgIpc) is 3.35. The summed E-state index contributed by atoms with van der Waals surface area (Å²) in [5, 5.41) is 17.0. The van der Waals surface area contributed by atoms with E-state index in [-0.39, 0.29) is 11.7 Å². The predicted octanol–water partition coefficient (Wildman–Crippen LogP) is 4.48. The Morgan fingerprint density at radius 2 is 1.88 bits per heavy atom. The smallest absolute Gasteiger partial charge is 0.234 e. The van der Waals surface area contributed by atoms with Crippen molar-refractivity contribution in [3.8, 4) is 22.6 Å². The van der Waals surface area contributed by atoms with Crippen molar-refractivity contribution in [3.05, 3.63) is 65.9 Å². The molecule has 0 atom stereocenters. The van der Waals surface area contributed by atoms with Crippen LogP contribution in [-0.2, 0) is 25.3 Å². The lowest BCUT2D eigenvalue weighted by atomic mass is 10.1. The molecule has 2 heterocycles. The molecule has 0 bridgehead atoms. The number of nitrogens with zero attached hydrogens (tertiary/aromatic N) is 5. The highest BCUT2D eigenvalue weighted by Crippen LogP contribution is 2.31. The maximum absolute atomic E-state index is 12.4. The predicted molar refractivity (Wildman–Crippen MR) is 129 cm³/mol. The molecular formula is C24H26N6OS. The standard InChI is InChI=1S/C24H26N6OS/c1-5-17-7-6-8-19(13-17)25-21(31)15-32-24-27-26-23(30(24)4)20-14-29(3)28-22(20)18-11-9-16(2)10-12-18/h6-14H,5,15H2,1-4H3,(H,25,31). The number of hydrogen-bond acceptors (Lipinski definition) is 5. The summed E-state index contributed by atoms with van der Waals surface area (Å²) in [7, 11) is 3.80. The van der Waals surface area contributed by atoms with Crippen molar-refractivity contribution in [2.75, 3.05) is 11.1 Å². The first kappa shape index (κ1) is 21.8. The van der Waals surface area contributed by atoms with Crippen molar-refractivity contribution < 1.29 is 4.79 Å². The monoisotopic (exact) mass is 446 g/mol. The Balaban J connectivity index is 1.49. The number of carbonyl (C=O) groups excluding carboxylic acids is 1. The fourth-order valence-corrected chi connectivity index (χ4v) is 4.16. The van der Waals surface area contributed by atoms with E-state index >= 15 is 0 Å². The molecule has 0 spiro atoms. The van der Waals surface area contributed by atoms with Gasteiger partial charge in [-0.15, -0.1) is 10.2 Å². The van der Waals surface area contributed by atoms with E-state index in [0.717, 1.165) is 28.9 Å². The van der Waals surface area contributed by atoms with E-state index in [0.29, 0.717) is 11.0 Å². The lowest BCUT2D eigenvalue weighted by molar-refractivity contribution is -0.113. The van der Waals surface area contributed by atoms with Gasteiger partial charge in [-0.1, -0.05) is 60.6 Å². The van der Waals surface area contributed by atoms with Crippen molar-refractivity contribution in [2.24, 2.45) is 14.1 Å². The average molecular weight is 447 g/mol. The van der Waals surface area contributed by atoms with Crippen LogP contribution in [0.5, 0.6) is 0 Å². The highest BCUT2D eigenvalue weighted by Gasteiger charge is 2.19. The lowest BCUT2D eigenvalue weighted by Gasteiger charge is -2.07. The maximum atomic E-state index is 12.4. The molecule has 0 aliphatic heterocycles. The zero-order valence-corrected chi connectivity index (χ0v) is 19.5. The molecule has 1 amide bonds. The Labute approximate surface area is 191 Å². The van der Waals surface area contributed by atoms with Gasteiger partial charge < -0.3 is 9.88 Å². The minimum atomic E-state index is -0.0745. The van der Waals surface area contributed by atoms with Crippen molar-refractivity contribution in [2.45, 2.75) is 25.4 Å². The summed E-state index contributed by atoms with van der Waals surface area (Å²) in [5.74, 6) is 0.891. The van der Waals surface area contributed by atoms with Crippen LogP contribution in [0.3, 0.4) is 0 Å². The number of anilines is 1. The third-order valence-corrected chi connectivity index (χ3v) is 6.20. The van der Waals surface area contributed by atoms with Gasteiger partial charge in [-0.2, -0.15) is 5.10 Å². The van der Waals surface area contributed by atoms with E-state index in [1.165, 1.54) is 22.9 Å². The van der Waals surface area contributed by atoms with Crippen LogP contribution in [0.25, 0.3) is 22.6 Å². The SMILES string of the molecule is CCc1cccc(NC(=O)CSc2nnc(-c3cn(C)nc3-c3ccc(C)cc3)n2C)c1. The molecule has 0 saturated carbocycles. The molecule has 164 valence electrons. The normalized spacial score (nSPS) is 11.0. The summed E-state index contributed by atoms with van der Waals surface area (Å²) < 4.78 is 3.69. The Morgan fingerprint density at radius 3 is 2.62 bits per heavy atom. The first-order chi connectivity index (χ1) is 15.4. The number of thioether (sulfide) groups is 1. The van der Waals surface area contributed by atoms with Crippen LogP contribution >= 0.6 is 11.8 Å². The van der Waals surface area contributed by atoms with E-state index in [1.807, 2.05) is 43.1 Å². The van der Waals surface area contributed by atoms with Gasteiger partial charge in [0.1, 0.15) is 5.69 Å². The summed E-state index contributed by atoms with van der Waals surface area (Å²) in [4.78, 5) is 12.4. The fourth-order valence-electron chi connectivity index (χ4n) is 3.45. The van der Waals surface area contributed by atoms with Crippen LogP contribution in [0.2, 0.25) is 0 Å². The summed E-state index contributed by atoms with van der Waals surface area (Å²) >= 11 is 1.36. The van der Waals surface area contributed by atoms with Crippen molar-refractivity contribution >= 4 is 23.4 Å². The van der Waals surface area contributed by atoms with Crippen molar-refractivity contribution in [3.63, 3.8) is 0 Å². The van der Waals surface area contributed by atoms with Gasteiger partial charge in [0.05, 0.1) is 11.3 Å². The Hall–Kier alpha value is -3.39. The molecule has 4 rings (SSSR count). The minimum absolute atomic E-state index is 0.0745. The van der Waals surface area contributed by atoms with Crippen molar-refractivity contribution in [1.82, 2.24) is 24.5 Å². The van der Waals surface area contributed by atoms with E-state index in [9.17, 15) is 4.79 Å². The van der Waals surface area contributed by atoms with Crippen LogP contribution < -0.4 is 5.32 Å². The number of rotatable bonds is 7. The molecule has 0 fully saturated rings. The van der Waals surface area contributed by atoms with E-state index in [1.54, 1.807) is 4.68 Å². The molecule has 8 heteroatoms. The van der Waals surface area contributed by atoms with Gasteiger partial charge in [0, 0.05) is 31.5 Å². The molecule has 0 aliphatic rings. The Kier molecular flexibility index (Phi) is 6.41. The third kappa shape index (κ3) is 4.75. The van der Waals surface area contributed by atoms with Crippen LogP contribution in [0.15, 0.2) is 59.9 Å². The number of benzene rings is 2. The largest absolute Gasteiger partial charge is 0.325 e. The number of amides is 1. The highest BCUT2D eigenvalue weighted by molar-refractivity contribution is 7.99. The molecule has 7 nitrogen and oxygen atoms in total. The molecule has 0 unspecified atom stereocenters. The fraction of sp³-hybridized carbons (Fsp3) is 0.250. The first-order valence-electron chi connectivity index (χ1n) is 10.5. The molecule has 1 N–H and O–H groups in total. The number of carbonyl (C=O) groups is 1. The molecule has 0 radical (unpaired) electrons. The van der Waals surface area contributed by atoms with Gasteiger partial charge in [0.25, 0.3) is 0 Å². The summed E-state index contributed by atoms with van der Waals surface area (Å²) in [5.41, 5.74) is 5.98. The van der Waals surface area contributed by atoms with Gasteiger partial charge in [-0.25, -0.2) is 0 Å². The van der Waals surface area contributed by atoms with Crippen LogP contribution in [-0.4, -0.2) is 36.2 Å². The molecule has 2 aromatic carbocycles. The van der Waals surface area contributed by atoms with Crippen LogP contribution in [0, 0.1) is 6.92 Å². The molecular weight excluding hydrogens is 420 g/mol. The quantitative estimate of drug-likeness (QED) is 0.424. The van der Waals surface area contributed by atoms with E-state index in [4.69, 9.17) is 0 Å². The summed E-state index contributed by atoms with van der Waals surface area (Å²) in [6.07, 6.45) is 2.88. The van der Waals surface area contributed by atoms with Gasteiger partial charge in [-0.3, -0.25) is 9.48 Å². The number of nitrogens with one attached hydrogen (secondary N) is 1. The number of hydrogen-bond donors (Lipinski definition) is 1. The zero-order chi connectivity index (χ0) is 22.7. The molecule has 32 heavy (non-hydrogen) atoms. The second-order valence-electron chi connectivity index (χ2n) is 7.69. The third-order valence-electron chi connectivity index (χ3n) is 5.18. The molecule has 2 aromatic heterocycles. The number of aryl methyl sites for hydroxylation is 3. The van der Waals surface area contributed by atoms with Gasteiger partial charge in [0.2, 0.25) is 5.91 Å². The van der Waals surface area contributed by atoms with Crippen LogP contribution in [0.4, 0.5) is 5.69 Å². The summed E-state index contributed by atoms with van der Waals surface area (Å²) in [6.45, 7) is 4.15. The van der Waals surface area contributed by atoms with Gasteiger partial charge >= 0.3 is 0 Å². The van der Waals surface area contributed by atoms with Crippen molar-refractivity contribution in [1.29, 1.82) is 0 Å². The molecule has 4 aromatic rings. The van der Waals surface area contributed by atoms with E-state index in [2.05, 4.69) is 64.8 Å². The summed E-state index contributed by atoms with van der Waals surface area (Å²) in [6, 6.07) is 16.2. The molecule has 0 saturated heterocycles.